The molecule has 0 radical (unpaired) electrons. The number of imidazole rings is 1. The Morgan fingerprint density at radius 1 is 1.43 bits per heavy atom. The van der Waals surface area contributed by atoms with Gasteiger partial charge in [-0.2, -0.15) is 0 Å². The lowest BCUT2D eigenvalue weighted by Gasteiger charge is -2.33. The summed E-state index contributed by atoms with van der Waals surface area (Å²) in [6, 6.07) is 1.98. The molecule has 2 aromatic rings. The molecule has 1 fully saturated rings. The molecule has 3 heterocycles. The van der Waals surface area contributed by atoms with Gasteiger partial charge in [0.2, 0.25) is 0 Å². The zero-order valence-electron chi connectivity index (χ0n) is 12.8. The number of pyridine rings is 1. The smallest absolute Gasteiger partial charge is 0.354 e. The van der Waals surface area contributed by atoms with Gasteiger partial charge in [0.25, 0.3) is 0 Å². The number of fused-ring (bicyclic) bond motifs is 1. The number of hydrogen-bond donors (Lipinski definition) is 1. The first-order chi connectivity index (χ1) is 9.97. The maximum Gasteiger partial charge on any atom is 0.354 e. The monoisotopic (exact) mass is 287 g/mol. The van der Waals surface area contributed by atoms with Gasteiger partial charge < -0.3 is 10.0 Å². The summed E-state index contributed by atoms with van der Waals surface area (Å²) in [6.45, 7) is 8.15. The number of aromatic nitrogens is 2. The van der Waals surface area contributed by atoms with Crippen LogP contribution in [0.1, 0.15) is 41.5 Å². The highest BCUT2D eigenvalue weighted by Crippen LogP contribution is 2.28. The number of carboxylic acids is 1. The van der Waals surface area contributed by atoms with Crippen molar-refractivity contribution in [1.82, 2.24) is 9.38 Å². The van der Waals surface area contributed by atoms with E-state index in [4.69, 9.17) is 0 Å². The third-order valence-corrected chi connectivity index (χ3v) is 4.31. The van der Waals surface area contributed by atoms with Crippen molar-refractivity contribution >= 4 is 17.3 Å². The molecule has 0 aromatic carbocycles. The Balaban J connectivity index is 2.12. The Morgan fingerprint density at radius 2 is 2.19 bits per heavy atom. The largest absolute Gasteiger partial charge is 0.477 e. The molecule has 0 saturated carbocycles. The standard InChI is InChI=1S/C16H21N3O2/c1-10-5-4-6-18(8-10)13-9-19-14(7-11(13)2)17-12(3)15(19)16(20)21/h7,9-10H,4-6,8H2,1-3H3,(H,20,21). The van der Waals surface area contributed by atoms with E-state index >= 15 is 0 Å². The molecule has 5 heteroatoms. The molecule has 1 aliphatic heterocycles. The summed E-state index contributed by atoms with van der Waals surface area (Å²) in [6.07, 6.45) is 4.39. The molecular formula is C16H21N3O2. The van der Waals surface area contributed by atoms with Gasteiger partial charge >= 0.3 is 5.97 Å². The van der Waals surface area contributed by atoms with Crippen molar-refractivity contribution in [2.45, 2.75) is 33.6 Å². The lowest BCUT2D eigenvalue weighted by atomic mass is 9.99. The van der Waals surface area contributed by atoms with Crippen LogP contribution in [0.4, 0.5) is 5.69 Å². The molecule has 0 spiro atoms. The van der Waals surface area contributed by atoms with Gasteiger partial charge in [0.05, 0.1) is 11.4 Å². The fraction of sp³-hybridized carbons (Fsp3) is 0.500. The maximum atomic E-state index is 11.4. The number of rotatable bonds is 2. The van der Waals surface area contributed by atoms with Crippen molar-refractivity contribution in [2.75, 3.05) is 18.0 Å². The number of nitrogens with zero attached hydrogens (tertiary/aromatic N) is 3. The van der Waals surface area contributed by atoms with Crippen LogP contribution in [0.5, 0.6) is 0 Å². The summed E-state index contributed by atoms with van der Waals surface area (Å²) in [4.78, 5) is 18.2. The van der Waals surface area contributed by atoms with Crippen molar-refractivity contribution in [2.24, 2.45) is 5.92 Å². The molecular weight excluding hydrogens is 266 g/mol. The number of aromatic carboxylic acids is 1. The van der Waals surface area contributed by atoms with Gasteiger partial charge in [0.15, 0.2) is 5.69 Å². The summed E-state index contributed by atoms with van der Waals surface area (Å²) < 4.78 is 1.71. The maximum absolute atomic E-state index is 11.4. The van der Waals surface area contributed by atoms with Gasteiger partial charge in [-0.15, -0.1) is 0 Å². The first-order valence-corrected chi connectivity index (χ1v) is 7.45. The lowest BCUT2D eigenvalue weighted by Crippen LogP contribution is -2.34. The van der Waals surface area contributed by atoms with E-state index in [1.165, 1.54) is 12.8 Å². The zero-order valence-corrected chi connectivity index (χ0v) is 12.8. The van der Waals surface area contributed by atoms with Gasteiger partial charge in [-0.25, -0.2) is 9.78 Å². The molecule has 0 amide bonds. The van der Waals surface area contributed by atoms with Crippen LogP contribution in [0.25, 0.3) is 5.65 Å². The van der Waals surface area contributed by atoms with E-state index in [0.717, 1.165) is 24.3 Å². The molecule has 1 saturated heterocycles. The number of aryl methyl sites for hydroxylation is 2. The topological polar surface area (TPSA) is 57.8 Å². The second kappa shape index (κ2) is 5.06. The van der Waals surface area contributed by atoms with Gasteiger partial charge in [-0.3, -0.25) is 4.40 Å². The van der Waals surface area contributed by atoms with E-state index in [0.29, 0.717) is 17.3 Å². The fourth-order valence-corrected chi connectivity index (χ4v) is 3.29. The summed E-state index contributed by atoms with van der Waals surface area (Å²) in [5.74, 6) is -0.251. The quantitative estimate of drug-likeness (QED) is 0.922. The van der Waals surface area contributed by atoms with Crippen LogP contribution in [0.2, 0.25) is 0 Å². The number of piperidine rings is 1. The van der Waals surface area contributed by atoms with E-state index < -0.39 is 5.97 Å². The Labute approximate surface area is 124 Å². The minimum absolute atomic E-state index is 0.260. The molecule has 1 N–H and O–H groups in total. The SMILES string of the molecule is Cc1cc2nc(C)c(C(=O)O)n2cc1N1CCCC(C)C1. The van der Waals surface area contributed by atoms with Crippen LogP contribution < -0.4 is 4.90 Å². The van der Waals surface area contributed by atoms with Crippen molar-refractivity contribution in [3.8, 4) is 0 Å². The van der Waals surface area contributed by atoms with Crippen LogP contribution in [-0.2, 0) is 0 Å². The predicted octanol–water partition coefficient (Wildman–Crippen LogP) is 2.89. The van der Waals surface area contributed by atoms with Crippen LogP contribution in [-0.4, -0.2) is 33.6 Å². The summed E-state index contributed by atoms with van der Waals surface area (Å²) >= 11 is 0. The Bertz CT molecular complexity index is 705. The van der Waals surface area contributed by atoms with Gasteiger partial charge in [0.1, 0.15) is 5.65 Å². The van der Waals surface area contributed by atoms with E-state index in [-0.39, 0.29) is 5.69 Å². The minimum Gasteiger partial charge on any atom is -0.477 e. The van der Waals surface area contributed by atoms with Crippen molar-refractivity contribution in [3.05, 3.63) is 29.2 Å². The number of carboxylic acid groups (broad SMARTS) is 1. The van der Waals surface area contributed by atoms with Crippen molar-refractivity contribution in [1.29, 1.82) is 0 Å². The molecule has 21 heavy (non-hydrogen) atoms. The highest BCUT2D eigenvalue weighted by molar-refractivity contribution is 5.88. The molecule has 0 aliphatic carbocycles. The Morgan fingerprint density at radius 3 is 2.86 bits per heavy atom. The first-order valence-electron chi connectivity index (χ1n) is 7.45. The zero-order chi connectivity index (χ0) is 15.1. The molecule has 112 valence electrons. The molecule has 3 rings (SSSR count). The van der Waals surface area contributed by atoms with Crippen molar-refractivity contribution in [3.63, 3.8) is 0 Å². The average Bonchev–Trinajstić information content (AvgIpc) is 2.72. The Kier molecular flexibility index (Phi) is 3.35. The molecule has 0 bridgehead atoms. The third kappa shape index (κ3) is 2.37. The minimum atomic E-state index is -0.929. The number of anilines is 1. The van der Waals surface area contributed by atoms with Crippen molar-refractivity contribution < 1.29 is 9.90 Å². The lowest BCUT2D eigenvalue weighted by molar-refractivity contribution is 0.0688. The third-order valence-electron chi connectivity index (χ3n) is 4.31. The summed E-state index contributed by atoms with van der Waals surface area (Å²) in [7, 11) is 0. The molecule has 2 aromatic heterocycles. The van der Waals surface area contributed by atoms with Gasteiger partial charge in [0, 0.05) is 19.3 Å². The van der Waals surface area contributed by atoms with Crippen LogP contribution in [0, 0.1) is 19.8 Å². The van der Waals surface area contributed by atoms with Crippen LogP contribution in [0.15, 0.2) is 12.3 Å². The summed E-state index contributed by atoms with van der Waals surface area (Å²) in [5.41, 5.74) is 3.80. The first kappa shape index (κ1) is 13.9. The normalized spacial score (nSPS) is 19.2. The van der Waals surface area contributed by atoms with E-state index in [1.807, 2.05) is 12.3 Å². The van der Waals surface area contributed by atoms with E-state index in [9.17, 15) is 9.90 Å². The predicted molar refractivity (Wildman–Crippen MR) is 82.2 cm³/mol. The Hall–Kier alpha value is -2.04. The highest BCUT2D eigenvalue weighted by Gasteiger charge is 2.21. The highest BCUT2D eigenvalue weighted by atomic mass is 16.4. The van der Waals surface area contributed by atoms with Gasteiger partial charge in [-0.1, -0.05) is 6.92 Å². The van der Waals surface area contributed by atoms with Crippen LogP contribution in [0.3, 0.4) is 0 Å². The molecule has 1 aliphatic rings. The van der Waals surface area contributed by atoms with Gasteiger partial charge in [-0.05, 0) is 44.2 Å². The number of hydrogen-bond acceptors (Lipinski definition) is 3. The molecule has 5 nitrogen and oxygen atoms in total. The molecule has 1 unspecified atom stereocenters. The average molecular weight is 287 g/mol. The second-order valence-corrected chi connectivity index (χ2v) is 6.11. The van der Waals surface area contributed by atoms with Crippen LogP contribution >= 0.6 is 0 Å². The summed E-state index contributed by atoms with van der Waals surface area (Å²) in [5, 5.41) is 9.39. The fourth-order valence-electron chi connectivity index (χ4n) is 3.29. The number of carbonyl (C=O) groups is 1. The van der Waals surface area contributed by atoms with E-state index in [2.05, 4.69) is 23.7 Å². The second-order valence-electron chi connectivity index (χ2n) is 6.11. The molecule has 1 atom stereocenters. The van der Waals surface area contributed by atoms with E-state index in [1.54, 1.807) is 11.3 Å².